The molecule has 0 aliphatic carbocycles. The minimum absolute atomic E-state index is 0.0197. The van der Waals surface area contributed by atoms with Crippen LogP contribution < -0.4 is 5.56 Å². The quantitative estimate of drug-likeness (QED) is 0.706. The number of carbonyl (C=O) groups excluding carboxylic acids is 1. The van der Waals surface area contributed by atoms with Crippen LogP contribution in [0.5, 0.6) is 5.88 Å². The number of esters is 1. The summed E-state index contributed by atoms with van der Waals surface area (Å²) >= 11 is 5.96. The van der Waals surface area contributed by atoms with Crippen LogP contribution in [0.15, 0.2) is 35.4 Å². The molecule has 0 radical (unpaired) electrons. The van der Waals surface area contributed by atoms with Gasteiger partial charge >= 0.3 is 5.97 Å². The SMILES string of the molecule is COC(=O)C[C@H](c1c(O)nc2ccc(Cl)cn2c1=O)c1ccnn1C. The molecule has 0 aromatic carbocycles. The number of hydrogen-bond donors (Lipinski definition) is 1. The number of hydrogen-bond acceptors (Lipinski definition) is 6. The molecule has 0 fully saturated rings. The van der Waals surface area contributed by atoms with Gasteiger partial charge in [0.25, 0.3) is 5.56 Å². The van der Waals surface area contributed by atoms with Crippen LogP contribution in [0.4, 0.5) is 0 Å². The van der Waals surface area contributed by atoms with E-state index in [9.17, 15) is 14.7 Å². The first-order valence-electron chi connectivity index (χ1n) is 7.38. The number of rotatable bonds is 4. The van der Waals surface area contributed by atoms with Crippen molar-refractivity contribution in [2.24, 2.45) is 7.05 Å². The summed E-state index contributed by atoms with van der Waals surface area (Å²) in [5.74, 6) is -1.74. The van der Waals surface area contributed by atoms with E-state index >= 15 is 0 Å². The predicted octanol–water partition coefficient (Wildman–Crippen LogP) is 1.48. The van der Waals surface area contributed by atoms with E-state index in [2.05, 4.69) is 10.1 Å². The van der Waals surface area contributed by atoms with Crippen LogP contribution in [0.1, 0.15) is 23.6 Å². The van der Waals surface area contributed by atoms with Crippen LogP contribution in [0.2, 0.25) is 5.02 Å². The van der Waals surface area contributed by atoms with Gasteiger partial charge in [-0.15, -0.1) is 0 Å². The molecular formula is C16H15ClN4O4. The number of methoxy groups -OCH3 is 1. The Morgan fingerprint density at radius 1 is 1.40 bits per heavy atom. The van der Waals surface area contributed by atoms with Crippen LogP contribution in [0.3, 0.4) is 0 Å². The molecule has 1 atom stereocenters. The maximum atomic E-state index is 12.9. The molecule has 0 aliphatic heterocycles. The van der Waals surface area contributed by atoms with Crippen LogP contribution in [0, 0.1) is 0 Å². The van der Waals surface area contributed by atoms with E-state index in [1.54, 1.807) is 25.4 Å². The van der Waals surface area contributed by atoms with Gasteiger partial charge in [-0.25, -0.2) is 0 Å². The third-order valence-corrected chi connectivity index (χ3v) is 4.19. The van der Waals surface area contributed by atoms with Crippen molar-refractivity contribution in [1.82, 2.24) is 19.2 Å². The van der Waals surface area contributed by atoms with Crippen molar-refractivity contribution >= 4 is 23.2 Å². The molecule has 0 saturated heterocycles. The standard InChI is InChI=1S/C16H15ClN4O4/c1-20-11(5-6-18-20)10(7-13(22)25-2)14-15(23)19-12-4-3-9(17)8-21(12)16(14)24/h3-6,8,10,23H,7H2,1-2H3/t10-/m0/s1. The molecule has 0 spiro atoms. The van der Waals surface area contributed by atoms with Gasteiger partial charge in [0, 0.05) is 31.1 Å². The first-order chi connectivity index (χ1) is 11.9. The molecule has 0 bridgehead atoms. The minimum atomic E-state index is -0.768. The highest BCUT2D eigenvalue weighted by Gasteiger charge is 2.28. The van der Waals surface area contributed by atoms with Gasteiger partial charge in [-0.3, -0.25) is 18.7 Å². The average molecular weight is 363 g/mol. The Bertz CT molecular complexity index is 1010. The third kappa shape index (κ3) is 3.08. The Kier molecular flexibility index (Phi) is 4.45. The molecule has 130 valence electrons. The second-order valence-electron chi connectivity index (χ2n) is 5.44. The maximum absolute atomic E-state index is 12.9. The topological polar surface area (TPSA) is 98.7 Å². The van der Waals surface area contributed by atoms with Crippen molar-refractivity contribution in [2.75, 3.05) is 7.11 Å². The summed E-state index contributed by atoms with van der Waals surface area (Å²) < 4.78 is 7.49. The number of pyridine rings is 1. The summed E-state index contributed by atoms with van der Waals surface area (Å²) in [6, 6.07) is 4.75. The fraction of sp³-hybridized carbons (Fsp3) is 0.250. The Balaban J connectivity index is 2.27. The monoisotopic (exact) mass is 362 g/mol. The van der Waals surface area contributed by atoms with E-state index in [0.29, 0.717) is 10.7 Å². The number of aromatic hydroxyl groups is 1. The molecule has 0 aliphatic rings. The molecule has 0 unspecified atom stereocenters. The second kappa shape index (κ2) is 6.56. The second-order valence-corrected chi connectivity index (χ2v) is 5.88. The van der Waals surface area contributed by atoms with Gasteiger partial charge in [0.2, 0.25) is 5.88 Å². The van der Waals surface area contributed by atoms with Crippen molar-refractivity contribution in [3.05, 3.63) is 57.2 Å². The number of halogens is 1. The number of ether oxygens (including phenoxy) is 1. The Morgan fingerprint density at radius 2 is 2.16 bits per heavy atom. The lowest BCUT2D eigenvalue weighted by Crippen LogP contribution is -2.25. The van der Waals surface area contributed by atoms with Crippen molar-refractivity contribution in [3.8, 4) is 5.88 Å². The summed E-state index contributed by atoms with van der Waals surface area (Å²) in [6.45, 7) is 0. The summed E-state index contributed by atoms with van der Waals surface area (Å²) in [5, 5.41) is 14.8. The van der Waals surface area contributed by atoms with E-state index in [4.69, 9.17) is 16.3 Å². The van der Waals surface area contributed by atoms with Crippen LogP contribution in [0.25, 0.3) is 5.65 Å². The molecule has 0 amide bonds. The molecule has 25 heavy (non-hydrogen) atoms. The lowest BCUT2D eigenvalue weighted by atomic mass is 9.93. The van der Waals surface area contributed by atoms with Crippen molar-refractivity contribution in [3.63, 3.8) is 0 Å². The molecule has 9 heteroatoms. The number of fused-ring (bicyclic) bond motifs is 1. The third-order valence-electron chi connectivity index (χ3n) is 3.96. The lowest BCUT2D eigenvalue weighted by molar-refractivity contribution is -0.140. The van der Waals surface area contributed by atoms with Crippen LogP contribution >= 0.6 is 11.6 Å². The predicted molar refractivity (Wildman–Crippen MR) is 89.8 cm³/mol. The highest BCUT2D eigenvalue weighted by molar-refractivity contribution is 6.30. The normalized spacial score (nSPS) is 12.3. The van der Waals surface area contributed by atoms with Gasteiger partial charge in [0.1, 0.15) is 5.65 Å². The smallest absolute Gasteiger partial charge is 0.306 e. The number of aromatic nitrogens is 4. The molecule has 3 heterocycles. The fourth-order valence-electron chi connectivity index (χ4n) is 2.75. The minimum Gasteiger partial charge on any atom is -0.493 e. The van der Waals surface area contributed by atoms with E-state index in [1.165, 1.54) is 28.5 Å². The summed E-state index contributed by atoms with van der Waals surface area (Å²) in [6.07, 6.45) is 2.81. The van der Waals surface area contributed by atoms with Gasteiger partial charge in [-0.05, 0) is 18.2 Å². The largest absolute Gasteiger partial charge is 0.493 e. The van der Waals surface area contributed by atoms with E-state index < -0.39 is 23.3 Å². The van der Waals surface area contributed by atoms with Gasteiger partial charge in [0.05, 0.1) is 24.1 Å². The maximum Gasteiger partial charge on any atom is 0.306 e. The zero-order chi connectivity index (χ0) is 18.1. The van der Waals surface area contributed by atoms with E-state index in [1.807, 2.05) is 0 Å². The number of nitrogens with zero attached hydrogens (tertiary/aromatic N) is 4. The van der Waals surface area contributed by atoms with E-state index in [0.717, 1.165) is 0 Å². The first kappa shape index (κ1) is 17.0. The molecule has 3 aromatic heterocycles. The van der Waals surface area contributed by atoms with Crippen molar-refractivity contribution in [1.29, 1.82) is 0 Å². The average Bonchev–Trinajstić information content (AvgIpc) is 3.00. The van der Waals surface area contributed by atoms with Gasteiger partial charge in [-0.2, -0.15) is 10.1 Å². The van der Waals surface area contributed by atoms with Crippen molar-refractivity contribution in [2.45, 2.75) is 12.3 Å². The zero-order valence-corrected chi connectivity index (χ0v) is 14.3. The summed E-state index contributed by atoms with van der Waals surface area (Å²) in [4.78, 5) is 28.8. The molecule has 3 rings (SSSR count). The lowest BCUT2D eigenvalue weighted by Gasteiger charge is -2.17. The first-order valence-corrected chi connectivity index (χ1v) is 7.75. The van der Waals surface area contributed by atoms with E-state index in [-0.39, 0.29) is 17.6 Å². The fourth-order valence-corrected chi connectivity index (χ4v) is 2.91. The highest BCUT2D eigenvalue weighted by atomic mass is 35.5. The van der Waals surface area contributed by atoms with Gasteiger partial charge in [-0.1, -0.05) is 11.6 Å². The number of aryl methyl sites for hydroxylation is 1. The Hall–Kier alpha value is -2.87. The molecular weight excluding hydrogens is 348 g/mol. The van der Waals surface area contributed by atoms with Gasteiger partial charge in [0.15, 0.2) is 0 Å². The Morgan fingerprint density at radius 3 is 2.80 bits per heavy atom. The highest BCUT2D eigenvalue weighted by Crippen LogP contribution is 2.31. The number of carbonyl (C=O) groups is 1. The van der Waals surface area contributed by atoms with Crippen LogP contribution in [-0.2, 0) is 16.6 Å². The summed E-state index contributed by atoms with van der Waals surface area (Å²) in [5.41, 5.74) is 0.285. The zero-order valence-electron chi connectivity index (χ0n) is 13.5. The molecule has 1 N–H and O–H groups in total. The Labute approximate surface area is 147 Å². The molecule has 8 nitrogen and oxygen atoms in total. The van der Waals surface area contributed by atoms with Crippen LogP contribution in [-0.4, -0.2) is 37.4 Å². The molecule has 3 aromatic rings. The van der Waals surface area contributed by atoms with Gasteiger partial charge < -0.3 is 9.84 Å². The molecule has 0 saturated carbocycles. The van der Waals surface area contributed by atoms with Crippen molar-refractivity contribution < 1.29 is 14.6 Å². The summed E-state index contributed by atoms with van der Waals surface area (Å²) in [7, 11) is 2.94.